The third-order valence-electron chi connectivity index (χ3n) is 2.62. The number of nitrogen functional groups attached to an aromatic ring is 1. The largest absolute Gasteiger partial charge is 0.396 e. The van der Waals surface area contributed by atoms with Crippen molar-refractivity contribution in [2.75, 3.05) is 11.1 Å². The molecular weight excluding hydrogens is 240 g/mol. The normalized spacial score (nSPS) is 9.89. The van der Waals surface area contributed by atoms with Crippen LogP contribution in [-0.4, -0.2) is 15.7 Å². The number of hydrogen-bond donors (Lipinski definition) is 2. The first-order valence-electron chi connectivity index (χ1n) is 5.85. The summed E-state index contributed by atoms with van der Waals surface area (Å²) in [5.41, 5.74) is 7.64. The third kappa shape index (κ3) is 2.75. The minimum Gasteiger partial charge on any atom is -0.396 e. The molecule has 0 aliphatic rings. The lowest BCUT2D eigenvalue weighted by Crippen LogP contribution is -2.14. The molecule has 1 heterocycles. The van der Waals surface area contributed by atoms with Crippen LogP contribution in [0.1, 0.15) is 23.0 Å². The summed E-state index contributed by atoms with van der Waals surface area (Å²) in [5.74, 6) is 2.16. The highest BCUT2D eigenvalue weighted by Gasteiger charge is 2.14. The molecule has 0 radical (unpaired) electrons. The van der Waals surface area contributed by atoms with E-state index < -0.39 is 0 Å². The van der Waals surface area contributed by atoms with Gasteiger partial charge in [0.2, 0.25) is 0 Å². The molecule has 0 saturated heterocycles. The van der Waals surface area contributed by atoms with Crippen LogP contribution in [-0.2, 0) is 6.54 Å². The zero-order valence-corrected chi connectivity index (χ0v) is 10.6. The molecule has 1 aromatic heterocycles. The number of nitrogens with one attached hydrogen (secondary N) is 1. The SMILES string of the molecule is C#Cc1cccc(NC(=O)c2nn(CC)cc2N)c1. The van der Waals surface area contributed by atoms with Gasteiger partial charge in [-0.25, -0.2) is 0 Å². The van der Waals surface area contributed by atoms with E-state index in [9.17, 15) is 4.79 Å². The quantitative estimate of drug-likeness (QED) is 0.819. The Labute approximate surface area is 111 Å². The topological polar surface area (TPSA) is 72.9 Å². The highest BCUT2D eigenvalue weighted by molar-refractivity contribution is 6.06. The van der Waals surface area contributed by atoms with E-state index in [0.717, 1.165) is 0 Å². The lowest BCUT2D eigenvalue weighted by molar-refractivity contribution is 0.102. The van der Waals surface area contributed by atoms with Crippen molar-refractivity contribution in [2.45, 2.75) is 13.5 Å². The van der Waals surface area contributed by atoms with Gasteiger partial charge < -0.3 is 11.1 Å². The minimum absolute atomic E-state index is 0.216. The van der Waals surface area contributed by atoms with E-state index in [-0.39, 0.29) is 11.6 Å². The van der Waals surface area contributed by atoms with Gasteiger partial charge in [0, 0.05) is 24.0 Å². The van der Waals surface area contributed by atoms with Gasteiger partial charge >= 0.3 is 0 Å². The van der Waals surface area contributed by atoms with Gasteiger partial charge in [-0.2, -0.15) is 5.10 Å². The number of anilines is 2. The molecule has 0 aliphatic carbocycles. The van der Waals surface area contributed by atoms with Crippen molar-refractivity contribution in [3.63, 3.8) is 0 Å². The van der Waals surface area contributed by atoms with E-state index in [1.165, 1.54) is 0 Å². The van der Waals surface area contributed by atoms with Crippen LogP contribution in [0, 0.1) is 12.3 Å². The number of hydrogen-bond acceptors (Lipinski definition) is 3. The lowest BCUT2D eigenvalue weighted by Gasteiger charge is -2.04. The monoisotopic (exact) mass is 254 g/mol. The fraction of sp³-hybridized carbons (Fsp3) is 0.143. The molecule has 0 spiro atoms. The maximum atomic E-state index is 12.0. The standard InChI is InChI=1S/C14H14N4O/c1-3-10-6-5-7-11(8-10)16-14(19)13-12(15)9-18(4-2)17-13/h1,5-9H,4,15H2,2H3,(H,16,19). The zero-order valence-electron chi connectivity index (χ0n) is 10.6. The van der Waals surface area contributed by atoms with Gasteiger partial charge in [0.05, 0.1) is 5.69 Å². The van der Waals surface area contributed by atoms with Crippen LogP contribution in [0.4, 0.5) is 11.4 Å². The summed E-state index contributed by atoms with van der Waals surface area (Å²) in [7, 11) is 0. The molecule has 0 bridgehead atoms. The van der Waals surface area contributed by atoms with E-state index in [1.54, 1.807) is 35.1 Å². The number of aryl methyl sites for hydroxylation is 1. The predicted octanol–water partition coefficient (Wildman–Crippen LogP) is 1.72. The Hall–Kier alpha value is -2.74. The van der Waals surface area contributed by atoms with E-state index in [1.807, 2.05) is 6.92 Å². The maximum Gasteiger partial charge on any atom is 0.278 e. The second-order valence-corrected chi connectivity index (χ2v) is 3.97. The van der Waals surface area contributed by atoms with E-state index >= 15 is 0 Å². The molecule has 1 aromatic carbocycles. The number of nitrogens with zero attached hydrogens (tertiary/aromatic N) is 2. The Morgan fingerprint density at radius 1 is 1.58 bits per heavy atom. The molecule has 0 saturated carbocycles. The second kappa shape index (κ2) is 5.27. The van der Waals surface area contributed by atoms with Gasteiger partial charge in [-0.1, -0.05) is 12.0 Å². The number of carbonyl (C=O) groups excluding carboxylic acids is 1. The molecule has 5 heteroatoms. The molecule has 19 heavy (non-hydrogen) atoms. The molecule has 0 atom stereocenters. The van der Waals surface area contributed by atoms with E-state index in [0.29, 0.717) is 23.5 Å². The minimum atomic E-state index is -0.348. The van der Waals surface area contributed by atoms with Crippen molar-refractivity contribution in [3.8, 4) is 12.3 Å². The van der Waals surface area contributed by atoms with Crippen molar-refractivity contribution in [1.29, 1.82) is 0 Å². The van der Waals surface area contributed by atoms with Gasteiger partial charge in [-0.3, -0.25) is 9.48 Å². The Morgan fingerprint density at radius 3 is 3.00 bits per heavy atom. The summed E-state index contributed by atoms with van der Waals surface area (Å²) < 4.78 is 1.61. The van der Waals surface area contributed by atoms with Gasteiger partial charge in [0.25, 0.3) is 5.91 Å². The predicted molar refractivity (Wildman–Crippen MR) is 74.6 cm³/mol. The van der Waals surface area contributed by atoms with Crippen molar-refractivity contribution >= 4 is 17.3 Å². The smallest absolute Gasteiger partial charge is 0.278 e. The molecule has 0 aliphatic heterocycles. The number of terminal acetylenes is 1. The van der Waals surface area contributed by atoms with Crippen molar-refractivity contribution < 1.29 is 4.79 Å². The number of rotatable bonds is 3. The summed E-state index contributed by atoms with van der Waals surface area (Å²) in [6.07, 6.45) is 6.94. The molecule has 2 rings (SSSR count). The summed E-state index contributed by atoms with van der Waals surface area (Å²) >= 11 is 0. The summed E-state index contributed by atoms with van der Waals surface area (Å²) in [4.78, 5) is 12.0. The number of carbonyl (C=O) groups is 1. The second-order valence-electron chi connectivity index (χ2n) is 3.97. The van der Waals surface area contributed by atoms with Crippen LogP contribution in [0.25, 0.3) is 0 Å². The molecular formula is C14H14N4O. The Morgan fingerprint density at radius 2 is 2.37 bits per heavy atom. The van der Waals surface area contributed by atoms with Crippen molar-refractivity contribution in [1.82, 2.24) is 9.78 Å². The van der Waals surface area contributed by atoms with E-state index in [4.69, 9.17) is 12.2 Å². The Kier molecular flexibility index (Phi) is 3.53. The highest BCUT2D eigenvalue weighted by Crippen LogP contribution is 2.14. The first-order valence-corrected chi connectivity index (χ1v) is 5.85. The Bertz CT molecular complexity index is 652. The number of benzene rings is 1. The van der Waals surface area contributed by atoms with Crippen LogP contribution in [0.5, 0.6) is 0 Å². The molecule has 3 N–H and O–H groups in total. The molecule has 0 fully saturated rings. The van der Waals surface area contributed by atoms with Gasteiger partial charge in [0.15, 0.2) is 5.69 Å². The fourth-order valence-corrected chi connectivity index (χ4v) is 1.65. The number of amides is 1. The molecule has 2 aromatic rings. The van der Waals surface area contributed by atoms with Crippen LogP contribution in [0.3, 0.4) is 0 Å². The summed E-state index contributed by atoms with van der Waals surface area (Å²) in [6, 6.07) is 7.03. The number of aromatic nitrogens is 2. The van der Waals surface area contributed by atoms with Crippen LogP contribution in [0.2, 0.25) is 0 Å². The lowest BCUT2D eigenvalue weighted by atomic mass is 10.2. The number of nitrogens with two attached hydrogens (primary N) is 1. The average molecular weight is 254 g/mol. The van der Waals surface area contributed by atoms with Gasteiger partial charge in [-0.15, -0.1) is 6.42 Å². The summed E-state index contributed by atoms with van der Waals surface area (Å²) in [6.45, 7) is 2.58. The first-order chi connectivity index (χ1) is 9.13. The fourth-order valence-electron chi connectivity index (χ4n) is 1.65. The molecule has 1 amide bonds. The van der Waals surface area contributed by atoms with Crippen molar-refractivity contribution in [2.24, 2.45) is 0 Å². The molecule has 0 unspecified atom stereocenters. The van der Waals surface area contributed by atoms with Crippen LogP contribution >= 0.6 is 0 Å². The average Bonchev–Trinajstić information content (AvgIpc) is 2.80. The van der Waals surface area contributed by atoms with E-state index in [2.05, 4.69) is 16.3 Å². The Balaban J connectivity index is 2.20. The first kappa shape index (κ1) is 12.7. The van der Waals surface area contributed by atoms with Crippen LogP contribution in [0.15, 0.2) is 30.5 Å². The third-order valence-corrected chi connectivity index (χ3v) is 2.62. The highest BCUT2D eigenvalue weighted by atomic mass is 16.2. The zero-order chi connectivity index (χ0) is 13.8. The molecule has 5 nitrogen and oxygen atoms in total. The van der Waals surface area contributed by atoms with Gasteiger partial charge in [-0.05, 0) is 25.1 Å². The van der Waals surface area contributed by atoms with Gasteiger partial charge in [0.1, 0.15) is 0 Å². The van der Waals surface area contributed by atoms with Crippen molar-refractivity contribution in [3.05, 3.63) is 41.7 Å². The molecule has 96 valence electrons. The maximum absolute atomic E-state index is 12.0. The summed E-state index contributed by atoms with van der Waals surface area (Å²) in [5, 5.41) is 6.83. The van der Waals surface area contributed by atoms with Crippen LogP contribution < -0.4 is 11.1 Å².